The lowest BCUT2D eigenvalue weighted by Gasteiger charge is -2.16. The van der Waals surface area contributed by atoms with Gasteiger partial charge in [-0.25, -0.2) is 9.18 Å². The number of carbonyl (C=O) groups is 2. The van der Waals surface area contributed by atoms with E-state index in [9.17, 15) is 14.0 Å². The summed E-state index contributed by atoms with van der Waals surface area (Å²) in [5, 5.41) is 11.0. The van der Waals surface area contributed by atoms with Crippen molar-refractivity contribution in [1.82, 2.24) is 5.32 Å². The van der Waals surface area contributed by atoms with Crippen molar-refractivity contribution >= 4 is 23.5 Å². The molecule has 1 unspecified atom stereocenters. The Morgan fingerprint density at radius 3 is 2.58 bits per heavy atom. The normalized spacial score (nSPS) is 11.7. The third-order valence-corrected chi connectivity index (χ3v) is 3.35. The molecule has 0 aliphatic heterocycles. The number of carbonyl (C=O) groups excluding carboxylic acids is 1. The average molecular weight is 362 g/mol. The molecule has 0 heterocycles. The first-order chi connectivity index (χ1) is 11.4. The zero-order valence-corrected chi connectivity index (χ0v) is 14.4. The first kappa shape index (κ1) is 20.0. The van der Waals surface area contributed by atoms with E-state index >= 15 is 0 Å². The van der Waals surface area contributed by atoms with Gasteiger partial charge in [0.05, 0.1) is 18.2 Å². The smallest absolute Gasteiger partial charge is 0.328 e. The number of benzene rings is 1. The standard InChI is InChI=1S/C16H21ClFNO5/c1-3-5-6-24-14-11(17)7-10(8-13(14)23-4-2)15(20)19-12(9-18)16(21)22/h7-8,12H,3-6,9H2,1-2H3,(H,19,20)(H,21,22). The Morgan fingerprint density at radius 2 is 2.04 bits per heavy atom. The predicted molar refractivity (Wildman–Crippen MR) is 87.9 cm³/mol. The second-order valence-electron chi connectivity index (χ2n) is 4.94. The van der Waals surface area contributed by atoms with Crippen molar-refractivity contribution in [3.8, 4) is 11.5 Å². The minimum Gasteiger partial charge on any atom is -0.490 e. The van der Waals surface area contributed by atoms with Crippen molar-refractivity contribution in [3.05, 3.63) is 22.7 Å². The molecule has 0 aliphatic rings. The van der Waals surface area contributed by atoms with E-state index < -0.39 is 24.6 Å². The maximum absolute atomic E-state index is 12.6. The molecule has 1 atom stereocenters. The van der Waals surface area contributed by atoms with Gasteiger partial charge in [0.2, 0.25) is 0 Å². The van der Waals surface area contributed by atoms with Crippen LogP contribution in [0.15, 0.2) is 12.1 Å². The number of ether oxygens (including phenoxy) is 2. The van der Waals surface area contributed by atoms with Crippen LogP contribution in [0.4, 0.5) is 4.39 Å². The van der Waals surface area contributed by atoms with Crippen molar-refractivity contribution in [1.29, 1.82) is 0 Å². The Hall–Kier alpha value is -2.02. The van der Waals surface area contributed by atoms with E-state index in [1.54, 1.807) is 6.92 Å². The lowest BCUT2D eigenvalue weighted by atomic mass is 10.1. The third-order valence-electron chi connectivity index (χ3n) is 3.07. The number of carboxylic acid groups (broad SMARTS) is 1. The molecular formula is C16H21ClFNO5. The zero-order valence-electron chi connectivity index (χ0n) is 13.6. The van der Waals surface area contributed by atoms with E-state index in [2.05, 4.69) is 5.32 Å². The first-order valence-electron chi connectivity index (χ1n) is 7.63. The Balaban J connectivity index is 3.04. The van der Waals surface area contributed by atoms with Crippen LogP contribution in [0.3, 0.4) is 0 Å². The van der Waals surface area contributed by atoms with Crippen LogP contribution in [-0.2, 0) is 4.79 Å². The number of aliphatic carboxylic acids is 1. The fourth-order valence-corrected chi connectivity index (χ4v) is 2.09. The second kappa shape index (κ2) is 9.97. The number of alkyl halides is 1. The minimum absolute atomic E-state index is 0.0611. The Bertz CT molecular complexity index is 582. The molecule has 24 heavy (non-hydrogen) atoms. The Kier molecular flexibility index (Phi) is 8.32. The van der Waals surface area contributed by atoms with Crippen molar-refractivity contribution in [2.75, 3.05) is 19.9 Å². The molecule has 0 spiro atoms. The molecule has 1 aromatic carbocycles. The van der Waals surface area contributed by atoms with E-state index in [0.717, 1.165) is 12.8 Å². The van der Waals surface area contributed by atoms with Crippen molar-refractivity contribution in [2.24, 2.45) is 0 Å². The summed E-state index contributed by atoms with van der Waals surface area (Å²) in [6.45, 7) is 3.34. The van der Waals surface area contributed by atoms with Crippen LogP contribution in [0.25, 0.3) is 0 Å². The molecule has 8 heteroatoms. The molecule has 0 saturated heterocycles. The third kappa shape index (κ3) is 5.56. The number of rotatable bonds is 10. The van der Waals surface area contributed by atoms with Crippen LogP contribution in [0.1, 0.15) is 37.0 Å². The molecule has 0 radical (unpaired) electrons. The number of carboxylic acids is 1. The van der Waals surface area contributed by atoms with Gasteiger partial charge in [0.15, 0.2) is 17.5 Å². The quantitative estimate of drug-likeness (QED) is 0.625. The molecule has 0 aliphatic carbocycles. The maximum atomic E-state index is 12.6. The van der Waals surface area contributed by atoms with E-state index in [1.807, 2.05) is 6.92 Å². The summed E-state index contributed by atoms with van der Waals surface area (Å²) in [7, 11) is 0. The average Bonchev–Trinajstić information content (AvgIpc) is 2.54. The van der Waals surface area contributed by atoms with Crippen LogP contribution in [0.2, 0.25) is 5.02 Å². The lowest BCUT2D eigenvalue weighted by molar-refractivity contribution is -0.139. The highest BCUT2D eigenvalue weighted by atomic mass is 35.5. The van der Waals surface area contributed by atoms with Crippen molar-refractivity contribution in [2.45, 2.75) is 32.7 Å². The minimum atomic E-state index is -1.62. The highest BCUT2D eigenvalue weighted by Crippen LogP contribution is 2.36. The molecule has 0 bridgehead atoms. The van der Waals surface area contributed by atoms with Crippen LogP contribution < -0.4 is 14.8 Å². The van der Waals surface area contributed by atoms with Crippen LogP contribution in [0.5, 0.6) is 11.5 Å². The molecule has 0 aromatic heterocycles. The van der Waals surface area contributed by atoms with Gasteiger partial charge in [-0.15, -0.1) is 0 Å². The molecule has 134 valence electrons. The van der Waals surface area contributed by atoms with E-state index in [1.165, 1.54) is 12.1 Å². The summed E-state index contributed by atoms with van der Waals surface area (Å²) < 4.78 is 23.7. The Morgan fingerprint density at radius 1 is 1.33 bits per heavy atom. The Labute approximate surface area is 144 Å². The number of halogens is 2. The number of amides is 1. The summed E-state index contributed by atoms with van der Waals surface area (Å²) in [6, 6.07) is 1.10. The fraction of sp³-hybridized carbons (Fsp3) is 0.500. The van der Waals surface area contributed by atoms with Crippen molar-refractivity contribution < 1.29 is 28.6 Å². The molecule has 2 N–H and O–H groups in total. The van der Waals surface area contributed by atoms with E-state index in [4.69, 9.17) is 26.2 Å². The molecule has 0 fully saturated rings. The van der Waals surface area contributed by atoms with Crippen LogP contribution >= 0.6 is 11.6 Å². The second-order valence-corrected chi connectivity index (χ2v) is 5.35. The van der Waals surface area contributed by atoms with Gasteiger partial charge in [-0.1, -0.05) is 24.9 Å². The largest absolute Gasteiger partial charge is 0.490 e. The summed E-state index contributed by atoms with van der Waals surface area (Å²) >= 11 is 6.15. The summed E-state index contributed by atoms with van der Waals surface area (Å²) in [6.07, 6.45) is 1.78. The first-order valence-corrected chi connectivity index (χ1v) is 8.01. The predicted octanol–water partition coefficient (Wildman–Crippen LogP) is 3.07. The van der Waals surface area contributed by atoms with Gasteiger partial charge in [-0.2, -0.15) is 0 Å². The SMILES string of the molecule is CCCCOc1c(Cl)cc(C(=O)NC(CF)C(=O)O)cc1OCC. The molecule has 1 amide bonds. The topological polar surface area (TPSA) is 84.9 Å². The lowest BCUT2D eigenvalue weighted by Crippen LogP contribution is -2.42. The number of hydrogen-bond donors (Lipinski definition) is 2. The van der Waals surface area contributed by atoms with Gasteiger partial charge in [-0.3, -0.25) is 4.79 Å². The summed E-state index contributed by atoms with van der Waals surface area (Å²) in [4.78, 5) is 22.9. The molecule has 6 nitrogen and oxygen atoms in total. The monoisotopic (exact) mass is 361 g/mol. The van der Waals surface area contributed by atoms with Gasteiger partial charge in [0.1, 0.15) is 6.67 Å². The number of unbranched alkanes of at least 4 members (excludes halogenated alkanes) is 1. The van der Waals surface area contributed by atoms with Gasteiger partial charge in [-0.05, 0) is 25.5 Å². The van der Waals surface area contributed by atoms with Gasteiger partial charge in [0, 0.05) is 5.56 Å². The molecular weight excluding hydrogens is 341 g/mol. The van der Waals surface area contributed by atoms with E-state index in [0.29, 0.717) is 19.0 Å². The molecule has 0 saturated carbocycles. The highest BCUT2D eigenvalue weighted by molar-refractivity contribution is 6.32. The van der Waals surface area contributed by atoms with Crippen LogP contribution in [0, 0.1) is 0 Å². The van der Waals surface area contributed by atoms with Gasteiger partial charge >= 0.3 is 5.97 Å². The maximum Gasteiger partial charge on any atom is 0.328 e. The zero-order chi connectivity index (χ0) is 18.1. The van der Waals surface area contributed by atoms with Crippen molar-refractivity contribution in [3.63, 3.8) is 0 Å². The van der Waals surface area contributed by atoms with Crippen LogP contribution in [-0.4, -0.2) is 42.9 Å². The fourth-order valence-electron chi connectivity index (χ4n) is 1.83. The summed E-state index contributed by atoms with van der Waals surface area (Å²) in [5.41, 5.74) is 0.0611. The van der Waals surface area contributed by atoms with Gasteiger partial charge < -0.3 is 19.9 Å². The van der Waals surface area contributed by atoms with Gasteiger partial charge in [0.25, 0.3) is 5.91 Å². The number of nitrogens with one attached hydrogen (secondary N) is 1. The van der Waals surface area contributed by atoms with E-state index in [-0.39, 0.29) is 16.3 Å². The molecule has 1 aromatic rings. The number of hydrogen-bond acceptors (Lipinski definition) is 4. The molecule has 1 rings (SSSR count). The highest BCUT2D eigenvalue weighted by Gasteiger charge is 2.22. The summed E-state index contributed by atoms with van der Waals surface area (Å²) in [5.74, 6) is -1.62.